The third kappa shape index (κ3) is 4.49. The molecule has 0 radical (unpaired) electrons. The van der Waals surface area contributed by atoms with Gasteiger partial charge in [-0.2, -0.15) is 0 Å². The third-order valence-electron chi connectivity index (χ3n) is 2.64. The molecule has 6 nitrogen and oxygen atoms in total. The van der Waals surface area contributed by atoms with Gasteiger partial charge in [-0.3, -0.25) is 0 Å². The number of anilines is 1. The van der Waals surface area contributed by atoms with Crippen LogP contribution in [0, 0.1) is 6.92 Å². The molecule has 1 atom stereocenters. The van der Waals surface area contributed by atoms with Crippen molar-refractivity contribution in [2.24, 2.45) is 0 Å². The summed E-state index contributed by atoms with van der Waals surface area (Å²) in [5, 5.41) is 11.7. The molecule has 1 aliphatic heterocycles. The molecule has 0 amide bonds. The molecule has 0 spiro atoms. The fourth-order valence-corrected chi connectivity index (χ4v) is 2.11. The van der Waals surface area contributed by atoms with Crippen LogP contribution in [0.15, 0.2) is 6.07 Å². The molecule has 0 saturated carbocycles. The fourth-order valence-electron chi connectivity index (χ4n) is 1.93. The van der Waals surface area contributed by atoms with Gasteiger partial charge < -0.3 is 15.2 Å². The maximum Gasteiger partial charge on any atom is 0.227 e. The first kappa shape index (κ1) is 18.5. The normalized spacial score (nSPS) is 11.9. The van der Waals surface area contributed by atoms with Gasteiger partial charge in [0.2, 0.25) is 5.88 Å². The summed E-state index contributed by atoms with van der Waals surface area (Å²) < 4.78 is 5.62. The van der Waals surface area contributed by atoms with Crippen molar-refractivity contribution < 1.29 is 9.84 Å². The lowest BCUT2D eigenvalue weighted by atomic mass is 10.2. The Kier molecular flexibility index (Phi) is 7.99. The van der Waals surface area contributed by atoms with Gasteiger partial charge in [0.15, 0.2) is 0 Å². The molecule has 2 N–H and O–H groups in total. The highest BCUT2D eigenvalue weighted by Gasteiger charge is 2.16. The van der Waals surface area contributed by atoms with Crippen molar-refractivity contribution >= 4 is 26.0 Å². The summed E-state index contributed by atoms with van der Waals surface area (Å²) in [6, 6.07) is 1.96. The van der Waals surface area contributed by atoms with Crippen LogP contribution in [-0.2, 0) is 6.16 Å². The van der Waals surface area contributed by atoms with Crippen molar-refractivity contribution in [1.29, 1.82) is 0 Å². The minimum atomic E-state index is 0.250. The van der Waals surface area contributed by atoms with Crippen LogP contribution in [0.5, 0.6) is 5.88 Å². The average molecular weight is 324 g/mol. The van der Waals surface area contributed by atoms with Crippen molar-refractivity contribution in [2.45, 2.75) is 33.9 Å². The maximum atomic E-state index is 7.57. The standard InChI is InChI=1S/C11H13N4OP.C2H6O.C2H6/c1-6-4-7-9-10(15-8(5-17)14-7)12-2-3-16-11(9)13-6;1-2-3;1-2/h4H,2-3,5,17H2,1H3,(H,12,14,15);3H,2H2,1H3;1-2H3. The van der Waals surface area contributed by atoms with Gasteiger partial charge >= 0.3 is 0 Å². The highest BCUT2D eigenvalue weighted by Crippen LogP contribution is 2.31. The zero-order valence-corrected chi connectivity index (χ0v) is 14.8. The number of ether oxygens (including phenoxy) is 1. The molecule has 22 heavy (non-hydrogen) atoms. The number of aromatic nitrogens is 3. The van der Waals surface area contributed by atoms with Crippen LogP contribution < -0.4 is 10.1 Å². The number of pyridine rings is 1. The Hall–Kier alpha value is -1.52. The summed E-state index contributed by atoms with van der Waals surface area (Å²) in [7, 11) is 2.64. The Bertz CT molecular complexity index is 608. The number of aryl methyl sites for hydroxylation is 1. The molecule has 2 aromatic rings. The Balaban J connectivity index is 0.000000435. The summed E-state index contributed by atoms with van der Waals surface area (Å²) in [6.07, 6.45) is 0.738. The fraction of sp³-hybridized carbons (Fsp3) is 0.533. The van der Waals surface area contributed by atoms with E-state index in [1.807, 2.05) is 26.8 Å². The molecule has 1 unspecified atom stereocenters. The highest BCUT2D eigenvalue weighted by atomic mass is 31.0. The largest absolute Gasteiger partial charge is 0.475 e. The number of nitrogens with zero attached hydrogens (tertiary/aromatic N) is 3. The molecule has 122 valence electrons. The molecule has 0 bridgehead atoms. The van der Waals surface area contributed by atoms with Gasteiger partial charge in [-0.1, -0.05) is 13.8 Å². The third-order valence-corrected chi connectivity index (χ3v) is 3.00. The number of hydrogen-bond acceptors (Lipinski definition) is 6. The number of hydrogen-bond donors (Lipinski definition) is 2. The van der Waals surface area contributed by atoms with E-state index in [-0.39, 0.29) is 6.61 Å². The summed E-state index contributed by atoms with van der Waals surface area (Å²) in [5.41, 5.74) is 1.80. The van der Waals surface area contributed by atoms with Crippen LogP contribution in [-0.4, -0.2) is 39.8 Å². The first-order chi connectivity index (χ1) is 10.7. The lowest BCUT2D eigenvalue weighted by molar-refractivity contribution is 0.318. The Labute approximate surface area is 133 Å². The van der Waals surface area contributed by atoms with E-state index in [9.17, 15) is 0 Å². The first-order valence-corrected chi connectivity index (χ1v) is 8.37. The first-order valence-electron chi connectivity index (χ1n) is 7.55. The quantitative estimate of drug-likeness (QED) is 0.785. The molecule has 0 fully saturated rings. The molecular formula is C15H25N4O2P. The molecular weight excluding hydrogens is 299 g/mol. The van der Waals surface area contributed by atoms with Gasteiger partial charge in [-0.15, -0.1) is 9.24 Å². The molecule has 1 aliphatic rings. The lowest BCUT2D eigenvalue weighted by Gasteiger charge is -2.08. The Morgan fingerprint density at radius 1 is 1.32 bits per heavy atom. The predicted molar refractivity (Wildman–Crippen MR) is 93.6 cm³/mol. The molecule has 0 aliphatic carbocycles. The smallest absolute Gasteiger partial charge is 0.227 e. The topological polar surface area (TPSA) is 80.2 Å². The van der Waals surface area contributed by atoms with E-state index in [2.05, 4.69) is 29.5 Å². The zero-order valence-electron chi connectivity index (χ0n) is 13.7. The summed E-state index contributed by atoms with van der Waals surface area (Å²) in [4.78, 5) is 13.4. The summed E-state index contributed by atoms with van der Waals surface area (Å²) in [6.45, 7) is 9.20. The van der Waals surface area contributed by atoms with Crippen LogP contribution in [0.2, 0.25) is 0 Å². The number of aliphatic hydroxyl groups excluding tert-OH is 1. The molecule has 0 saturated heterocycles. The van der Waals surface area contributed by atoms with Crippen molar-refractivity contribution in [3.05, 3.63) is 17.6 Å². The van der Waals surface area contributed by atoms with Crippen molar-refractivity contribution in [1.82, 2.24) is 15.0 Å². The minimum absolute atomic E-state index is 0.250. The second-order valence-electron chi connectivity index (χ2n) is 4.25. The summed E-state index contributed by atoms with van der Waals surface area (Å²) >= 11 is 0. The van der Waals surface area contributed by atoms with E-state index in [4.69, 9.17) is 9.84 Å². The van der Waals surface area contributed by atoms with Gasteiger partial charge in [0.1, 0.15) is 23.6 Å². The van der Waals surface area contributed by atoms with Gasteiger partial charge in [0, 0.05) is 18.5 Å². The van der Waals surface area contributed by atoms with Crippen LogP contribution in [0.1, 0.15) is 32.3 Å². The second-order valence-corrected chi connectivity index (χ2v) is 4.66. The molecule has 3 rings (SSSR count). The molecule has 7 heteroatoms. The molecule has 0 aromatic carbocycles. The van der Waals surface area contributed by atoms with Gasteiger partial charge in [-0.05, 0) is 19.9 Å². The monoisotopic (exact) mass is 324 g/mol. The van der Waals surface area contributed by atoms with Crippen molar-refractivity contribution in [3.63, 3.8) is 0 Å². The Morgan fingerprint density at radius 2 is 2.00 bits per heavy atom. The summed E-state index contributed by atoms with van der Waals surface area (Å²) in [5.74, 6) is 2.27. The van der Waals surface area contributed by atoms with E-state index in [0.29, 0.717) is 12.5 Å². The van der Waals surface area contributed by atoms with Gasteiger partial charge in [-0.25, -0.2) is 15.0 Å². The van der Waals surface area contributed by atoms with E-state index < -0.39 is 0 Å². The van der Waals surface area contributed by atoms with Gasteiger partial charge in [0.05, 0.1) is 12.1 Å². The second kappa shape index (κ2) is 9.49. The molecule has 2 aromatic heterocycles. The van der Waals surface area contributed by atoms with Gasteiger partial charge in [0.25, 0.3) is 0 Å². The SMILES string of the molecule is CC.CCO.Cc1cc2nc(CP)nc3c2c(n1)OCCN3. The number of rotatable bonds is 1. The van der Waals surface area contributed by atoms with E-state index in [1.54, 1.807) is 6.92 Å². The minimum Gasteiger partial charge on any atom is -0.475 e. The number of aliphatic hydroxyl groups is 1. The van der Waals surface area contributed by atoms with E-state index in [0.717, 1.165) is 40.9 Å². The van der Waals surface area contributed by atoms with Crippen molar-refractivity contribution in [2.75, 3.05) is 25.1 Å². The van der Waals surface area contributed by atoms with Crippen LogP contribution in [0.3, 0.4) is 0 Å². The van der Waals surface area contributed by atoms with E-state index in [1.165, 1.54) is 0 Å². The van der Waals surface area contributed by atoms with Crippen LogP contribution in [0.25, 0.3) is 10.9 Å². The maximum absolute atomic E-state index is 7.57. The Morgan fingerprint density at radius 3 is 2.64 bits per heavy atom. The molecule has 3 heterocycles. The van der Waals surface area contributed by atoms with E-state index >= 15 is 0 Å². The zero-order chi connectivity index (χ0) is 16.5. The average Bonchev–Trinajstić information content (AvgIpc) is 2.72. The highest BCUT2D eigenvalue weighted by molar-refractivity contribution is 7.15. The van der Waals surface area contributed by atoms with Crippen LogP contribution >= 0.6 is 9.24 Å². The number of nitrogens with one attached hydrogen (secondary N) is 1. The predicted octanol–water partition coefficient (Wildman–Crippen LogP) is 2.54. The van der Waals surface area contributed by atoms with Crippen LogP contribution in [0.4, 0.5) is 5.82 Å². The van der Waals surface area contributed by atoms with Crippen molar-refractivity contribution in [3.8, 4) is 5.88 Å². The lowest BCUT2D eigenvalue weighted by Crippen LogP contribution is -2.09.